The van der Waals surface area contributed by atoms with Gasteiger partial charge in [0.25, 0.3) is 0 Å². The van der Waals surface area contributed by atoms with Crippen LogP contribution in [0.4, 0.5) is 0 Å². The number of nitrogens with two attached hydrogens (primary N) is 1. The van der Waals surface area contributed by atoms with E-state index < -0.39 is 0 Å². The smallest absolute Gasteiger partial charge is 0.0443 e. The summed E-state index contributed by atoms with van der Waals surface area (Å²) in [6.45, 7) is 10.1. The standard InChI is InChI=1S/C8H16N2.C3H10N2O.C2H6/c1-9-4-6-10(7-5-9)8-2-3-8;4-5-2-1-3-6;1-2/h8H,2-7H2,1H3;5-6H,1-4H2;1-2H3. The van der Waals surface area contributed by atoms with Gasteiger partial charge in [-0.15, -0.1) is 0 Å². The van der Waals surface area contributed by atoms with E-state index in [0.29, 0.717) is 6.54 Å². The highest BCUT2D eigenvalue weighted by Crippen LogP contribution is 2.27. The van der Waals surface area contributed by atoms with Crippen LogP contribution in [0.1, 0.15) is 33.1 Å². The van der Waals surface area contributed by atoms with Crippen molar-refractivity contribution < 1.29 is 5.11 Å². The molecular formula is C13H32N4O. The normalized spacial score (nSPS) is 20.5. The highest BCUT2D eigenvalue weighted by molar-refractivity contribution is 4.86. The summed E-state index contributed by atoms with van der Waals surface area (Å²) in [5, 5.41) is 8.10. The van der Waals surface area contributed by atoms with Gasteiger partial charge >= 0.3 is 0 Å². The lowest BCUT2D eigenvalue weighted by molar-refractivity contribution is 0.147. The molecule has 1 saturated carbocycles. The molecule has 2 rings (SSSR count). The fourth-order valence-electron chi connectivity index (χ4n) is 1.81. The van der Waals surface area contributed by atoms with E-state index in [9.17, 15) is 0 Å². The van der Waals surface area contributed by atoms with Crippen LogP contribution in [0.15, 0.2) is 0 Å². The van der Waals surface area contributed by atoms with E-state index in [1.807, 2.05) is 13.8 Å². The minimum atomic E-state index is 0.212. The van der Waals surface area contributed by atoms with Crippen molar-refractivity contribution in [2.45, 2.75) is 39.2 Å². The summed E-state index contributed by atoms with van der Waals surface area (Å²) in [7, 11) is 2.21. The number of rotatable bonds is 4. The van der Waals surface area contributed by atoms with Crippen LogP contribution in [-0.4, -0.2) is 67.3 Å². The number of hydrogen-bond donors (Lipinski definition) is 3. The summed E-state index contributed by atoms with van der Waals surface area (Å²) in [6, 6.07) is 0.980. The summed E-state index contributed by atoms with van der Waals surface area (Å²) in [4.78, 5) is 5.05. The molecule has 0 spiro atoms. The molecule has 2 fully saturated rings. The van der Waals surface area contributed by atoms with Gasteiger partial charge < -0.3 is 10.0 Å². The van der Waals surface area contributed by atoms with Crippen molar-refractivity contribution >= 4 is 0 Å². The lowest BCUT2D eigenvalue weighted by atomic mass is 10.3. The van der Waals surface area contributed by atoms with Crippen LogP contribution in [0.25, 0.3) is 0 Å². The Hall–Kier alpha value is -0.200. The Bertz CT molecular complexity index is 164. The van der Waals surface area contributed by atoms with Crippen molar-refractivity contribution in [2.75, 3.05) is 46.4 Å². The molecule has 0 radical (unpaired) electrons. The Balaban J connectivity index is 0.000000315. The van der Waals surface area contributed by atoms with Gasteiger partial charge in [-0.1, -0.05) is 13.8 Å². The molecule has 0 aromatic rings. The summed E-state index contributed by atoms with van der Waals surface area (Å²) in [5.74, 6) is 4.85. The predicted molar refractivity (Wildman–Crippen MR) is 77.3 cm³/mol. The fourth-order valence-corrected chi connectivity index (χ4v) is 1.81. The summed E-state index contributed by atoms with van der Waals surface area (Å²) < 4.78 is 0. The first-order valence-corrected chi connectivity index (χ1v) is 7.25. The molecule has 110 valence electrons. The first-order valence-electron chi connectivity index (χ1n) is 7.25. The zero-order valence-corrected chi connectivity index (χ0v) is 12.4. The third-order valence-corrected chi connectivity index (χ3v) is 3.08. The minimum Gasteiger partial charge on any atom is -0.396 e. The van der Waals surface area contributed by atoms with Crippen LogP contribution < -0.4 is 11.3 Å². The van der Waals surface area contributed by atoms with Gasteiger partial charge in [-0.2, -0.15) is 0 Å². The van der Waals surface area contributed by atoms with E-state index in [0.717, 1.165) is 12.5 Å². The third kappa shape index (κ3) is 8.83. The Labute approximate surface area is 112 Å². The zero-order valence-electron chi connectivity index (χ0n) is 12.4. The van der Waals surface area contributed by atoms with Crippen molar-refractivity contribution in [1.29, 1.82) is 0 Å². The molecule has 4 N–H and O–H groups in total. The lowest BCUT2D eigenvalue weighted by Crippen LogP contribution is -2.45. The molecule has 5 nitrogen and oxygen atoms in total. The molecule has 0 bridgehead atoms. The van der Waals surface area contributed by atoms with Crippen LogP contribution in [0.2, 0.25) is 0 Å². The van der Waals surface area contributed by atoms with Gasteiger partial charge in [-0.3, -0.25) is 16.2 Å². The lowest BCUT2D eigenvalue weighted by Gasteiger charge is -2.32. The molecule has 0 aromatic carbocycles. The van der Waals surface area contributed by atoms with Crippen molar-refractivity contribution in [3.05, 3.63) is 0 Å². The van der Waals surface area contributed by atoms with Gasteiger partial charge in [0.05, 0.1) is 0 Å². The number of nitrogens with one attached hydrogen (secondary N) is 1. The molecule has 1 heterocycles. The molecule has 0 atom stereocenters. The zero-order chi connectivity index (χ0) is 13.8. The maximum absolute atomic E-state index is 8.10. The van der Waals surface area contributed by atoms with Crippen LogP contribution in [0.3, 0.4) is 0 Å². The molecule has 0 aromatic heterocycles. The average molecular weight is 260 g/mol. The first kappa shape index (κ1) is 17.8. The predicted octanol–water partition coefficient (Wildman–Crippen LogP) is 0.255. The SMILES string of the molecule is CC.CN1CCN(C2CC2)CC1.NNCCCO. The number of nitrogens with zero attached hydrogens (tertiary/aromatic N) is 2. The van der Waals surface area contributed by atoms with Crippen molar-refractivity contribution in [3.8, 4) is 0 Å². The van der Waals surface area contributed by atoms with E-state index in [1.54, 1.807) is 0 Å². The Kier molecular flexibility index (Phi) is 11.7. The van der Waals surface area contributed by atoms with Crippen LogP contribution in [0, 0.1) is 0 Å². The Morgan fingerprint density at radius 3 is 2.06 bits per heavy atom. The van der Waals surface area contributed by atoms with Gasteiger partial charge in [-0.25, -0.2) is 0 Å². The van der Waals surface area contributed by atoms with Gasteiger partial charge in [0.2, 0.25) is 0 Å². The molecule has 2 aliphatic rings. The number of piperazine rings is 1. The number of hydrogen-bond acceptors (Lipinski definition) is 5. The maximum atomic E-state index is 8.10. The topological polar surface area (TPSA) is 64.8 Å². The quantitative estimate of drug-likeness (QED) is 0.384. The van der Waals surface area contributed by atoms with E-state index in [-0.39, 0.29) is 6.61 Å². The summed E-state index contributed by atoms with van der Waals surface area (Å²) in [6.07, 6.45) is 3.66. The van der Waals surface area contributed by atoms with Gasteiger partial charge in [0.15, 0.2) is 0 Å². The number of aliphatic hydroxyl groups is 1. The molecular weight excluding hydrogens is 228 g/mol. The number of aliphatic hydroxyl groups excluding tert-OH is 1. The molecule has 1 aliphatic heterocycles. The van der Waals surface area contributed by atoms with Crippen LogP contribution in [-0.2, 0) is 0 Å². The molecule has 1 saturated heterocycles. The van der Waals surface area contributed by atoms with Crippen LogP contribution >= 0.6 is 0 Å². The highest BCUT2D eigenvalue weighted by Gasteiger charge is 2.30. The number of likely N-dealkylation sites (N-methyl/N-ethyl adjacent to an activating group) is 1. The maximum Gasteiger partial charge on any atom is 0.0443 e. The van der Waals surface area contributed by atoms with E-state index in [1.165, 1.54) is 39.0 Å². The molecule has 5 heteroatoms. The monoisotopic (exact) mass is 260 g/mol. The van der Waals surface area contributed by atoms with Crippen molar-refractivity contribution in [2.24, 2.45) is 5.84 Å². The van der Waals surface area contributed by atoms with E-state index >= 15 is 0 Å². The Morgan fingerprint density at radius 1 is 1.17 bits per heavy atom. The minimum absolute atomic E-state index is 0.212. The van der Waals surface area contributed by atoms with E-state index in [4.69, 9.17) is 10.9 Å². The molecule has 1 aliphatic carbocycles. The molecule has 0 unspecified atom stereocenters. The third-order valence-electron chi connectivity index (χ3n) is 3.08. The van der Waals surface area contributed by atoms with Gasteiger partial charge in [-0.05, 0) is 26.3 Å². The van der Waals surface area contributed by atoms with Crippen LogP contribution in [0.5, 0.6) is 0 Å². The number of hydrazine groups is 1. The highest BCUT2D eigenvalue weighted by atomic mass is 16.3. The summed E-state index contributed by atoms with van der Waals surface area (Å²) >= 11 is 0. The average Bonchev–Trinajstić information content (AvgIpc) is 3.25. The van der Waals surface area contributed by atoms with Gasteiger partial charge in [0, 0.05) is 45.4 Å². The first-order chi connectivity index (χ1) is 8.77. The largest absolute Gasteiger partial charge is 0.396 e. The Morgan fingerprint density at radius 2 is 1.72 bits per heavy atom. The van der Waals surface area contributed by atoms with E-state index in [2.05, 4.69) is 22.3 Å². The van der Waals surface area contributed by atoms with Crippen molar-refractivity contribution in [3.63, 3.8) is 0 Å². The fraction of sp³-hybridized carbons (Fsp3) is 1.00. The second kappa shape index (κ2) is 11.9. The second-order valence-corrected chi connectivity index (χ2v) is 4.60. The molecule has 18 heavy (non-hydrogen) atoms. The van der Waals surface area contributed by atoms with Gasteiger partial charge in [0.1, 0.15) is 0 Å². The second-order valence-electron chi connectivity index (χ2n) is 4.60. The van der Waals surface area contributed by atoms with Crippen molar-refractivity contribution in [1.82, 2.24) is 15.2 Å². The summed E-state index contributed by atoms with van der Waals surface area (Å²) in [5.41, 5.74) is 2.41. The molecule has 0 amide bonds.